The second-order valence-electron chi connectivity index (χ2n) is 10.1. The van der Waals surface area contributed by atoms with Gasteiger partial charge in [-0.05, 0) is 44.9 Å². The van der Waals surface area contributed by atoms with Crippen LogP contribution in [0.4, 0.5) is 9.18 Å². The minimum absolute atomic E-state index is 0.0198. The number of aromatic nitrogens is 1. The highest BCUT2D eigenvalue weighted by Crippen LogP contribution is 2.40. The van der Waals surface area contributed by atoms with E-state index in [0.717, 1.165) is 25.2 Å². The first-order valence-electron chi connectivity index (χ1n) is 11.7. The van der Waals surface area contributed by atoms with E-state index in [-0.39, 0.29) is 41.1 Å². The van der Waals surface area contributed by atoms with Crippen molar-refractivity contribution in [1.82, 2.24) is 10.1 Å². The van der Waals surface area contributed by atoms with Crippen molar-refractivity contribution in [2.45, 2.75) is 49.9 Å². The topological polar surface area (TPSA) is 108 Å². The number of likely N-dealkylation sites (tertiary alicyclic amines) is 1. The Labute approximate surface area is 203 Å². The van der Waals surface area contributed by atoms with Crippen LogP contribution >= 0.6 is 0 Å². The average molecular weight is 509 g/mol. The van der Waals surface area contributed by atoms with Crippen LogP contribution in [-0.2, 0) is 30.7 Å². The van der Waals surface area contributed by atoms with E-state index < -0.39 is 15.7 Å². The third-order valence-electron chi connectivity index (χ3n) is 7.08. The van der Waals surface area contributed by atoms with E-state index in [0.29, 0.717) is 48.9 Å². The quantitative estimate of drug-likeness (QED) is 0.585. The van der Waals surface area contributed by atoms with E-state index in [2.05, 4.69) is 5.16 Å². The highest BCUT2D eigenvalue weighted by Gasteiger charge is 2.46. The summed E-state index contributed by atoms with van der Waals surface area (Å²) in [6.07, 6.45) is 2.40. The summed E-state index contributed by atoms with van der Waals surface area (Å²) in [5.74, 6) is -0.442. The van der Waals surface area contributed by atoms with Gasteiger partial charge in [-0.3, -0.25) is 0 Å². The molecule has 3 aliphatic rings. The van der Waals surface area contributed by atoms with Gasteiger partial charge in [-0.25, -0.2) is 17.6 Å². The Bertz CT molecular complexity index is 1230. The molecule has 1 aromatic carbocycles. The zero-order valence-electron chi connectivity index (χ0n) is 20.0. The number of nitrogens with zero attached hydrogens (tertiary/aromatic N) is 2. The maximum atomic E-state index is 14.4. The van der Waals surface area contributed by atoms with Gasteiger partial charge in [0.15, 0.2) is 15.6 Å². The molecule has 2 bridgehead atoms. The van der Waals surface area contributed by atoms with Crippen LogP contribution in [0.2, 0.25) is 0 Å². The third-order valence-corrected chi connectivity index (χ3v) is 8.21. The number of carbonyl (C=O) groups excluding carboxylic acids is 1. The molecule has 9 nitrogen and oxygen atoms in total. The molecule has 190 valence electrons. The van der Waals surface area contributed by atoms with Crippen LogP contribution in [0.1, 0.15) is 31.0 Å². The van der Waals surface area contributed by atoms with Gasteiger partial charge < -0.3 is 23.6 Å². The minimum Gasteiger partial charge on any atom is -0.443 e. The molecule has 0 radical (unpaired) electrons. The van der Waals surface area contributed by atoms with Crippen LogP contribution in [-0.4, -0.2) is 68.8 Å². The molecule has 1 saturated carbocycles. The predicted molar refractivity (Wildman–Crippen MR) is 122 cm³/mol. The second-order valence-corrected chi connectivity index (χ2v) is 12.0. The summed E-state index contributed by atoms with van der Waals surface area (Å²) in [6.45, 7) is 5.95. The fraction of sp³-hybridized carbons (Fsp3) is 0.583. The molecular weight excluding hydrogens is 479 g/mol. The Morgan fingerprint density at radius 2 is 1.94 bits per heavy atom. The van der Waals surface area contributed by atoms with E-state index >= 15 is 0 Å². The van der Waals surface area contributed by atoms with Gasteiger partial charge in [0.2, 0.25) is 0 Å². The van der Waals surface area contributed by atoms with Crippen molar-refractivity contribution in [2.75, 3.05) is 32.6 Å². The molecule has 1 amide bonds. The summed E-state index contributed by atoms with van der Waals surface area (Å²) in [4.78, 5) is 14.0. The summed E-state index contributed by atoms with van der Waals surface area (Å²) in [6, 6.07) is 3.85. The molecule has 0 spiro atoms. The van der Waals surface area contributed by atoms with E-state index in [1.54, 1.807) is 11.8 Å². The van der Waals surface area contributed by atoms with Gasteiger partial charge in [0.05, 0.1) is 25.9 Å². The SMILES string of the molecule is Cc1c(COC2C3COCC2CN(C(=O)OC2(C)CC2)C3)noc1-c1ccc(S(C)(=O)=O)c(F)c1. The molecule has 3 heterocycles. The van der Waals surface area contributed by atoms with Crippen LogP contribution in [0, 0.1) is 24.6 Å². The third kappa shape index (κ3) is 4.94. The largest absolute Gasteiger partial charge is 0.443 e. The number of hydrogen-bond donors (Lipinski definition) is 0. The van der Waals surface area contributed by atoms with E-state index in [1.807, 2.05) is 6.92 Å². The van der Waals surface area contributed by atoms with Crippen LogP contribution in [0.25, 0.3) is 11.3 Å². The van der Waals surface area contributed by atoms with E-state index in [4.69, 9.17) is 18.7 Å². The molecule has 0 N–H and O–H groups in total. The van der Waals surface area contributed by atoms with Gasteiger partial charge in [0, 0.05) is 42.3 Å². The molecule has 2 aromatic rings. The van der Waals surface area contributed by atoms with Crippen molar-refractivity contribution < 1.29 is 36.3 Å². The Morgan fingerprint density at radius 3 is 2.54 bits per heavy atom. The standard InChI is InChI=1S/C24H29FN2O7S/c1-14-19(26-34-21(14)15-4-5-20(18(25)8-15)35(3,29)30)13-32-22-16-9-27(10-17(22)12-31-11-16)23(28)33-24(2)6-7-24/h4-5,8,16-17,22H,6-7,9-13H2,1-3H3. The lowest BCUT2D eigenvalue weighted by Gasteiger charge is -2.46. The number of halogens is 1. The van der Waals surface area contributed by atoms with Crippen LogP contribution in [0.3, 0.4) is 0 Å². The summed E-state index contributed by atoms with van der Waals surface area (Å²) in [7, 11) is -3.67. The highest BCUT2D eigenvalue weighted by molar-refractivity contribution is 7.90. The minimum atomic E-state index is -3.67. The molecule has 35 heavy (non-hydrogen) atoms. The van der Waals surface area contributed by atoms with Crippen LogP contribution < -0.4 is 0 Å². The fourth-order valence-corrected chi connectivity index (χ4v) is 5.49. The number of fused-ring (bicyclic) bond motifs is 2. The molecular formula is C24H29FN2O7S. The van der Waals surface area contributed by atoms with E-state index in [9.17, 15) is 17.6 Å². The lowest BCUT2D eigenvalue weighted by molar-refractivity contribution is -0.151. The number of ether oxygens (including phenoxy) is 3. The summed E-state index contributed by atoms with van der Waals surface area (Å²) >= 11 is 0. The normalized spacial score (nSPS) is 25.4. The van der Waals surface area contributed by atoms with Gasteiger partial charge in [-0.2, -0.15) is 0 Å². The number of amides is 1. The van der Waals surface area contributed by atoms with Crippen molar-refractivity contribution >= 4 is 15.9 Å². The molecule has 2 atom stereocenters. The number of benzene rings is 1. The molecule has 11 heteroatoms. The van der Waals surface area contributed by atoms with Gasteiger partial charge in [-0.1, -0.05) is 5.16 Å². The Balaban J connectivity index is 1.25. The van der Waals surface area contributed by atoms with Crippen molar-refractivity contribution in [3.63, 3.8) is 0 Å². The number of piperidine rings is 1. The van der Waals surface area contributed by atoms with Gasteiger partial charge in [0.1, 0.15) is 22.0 Å². The summed E-state index contributed by atoms with van der Waals surface area (Å²) in [5, 5.41) is 4.11. The molecule has 3 fully saturated rings. The zero-order chi connectivity index (χ0) is 25.0. The van der Waals surface area contributed by atoms with E-state index in [1.165, 1.54) is 12.1 Å². The summed E-state index contributed by atoms with van der Waals surface area (Å²) in [5.41, 5.74) is 1.35. The first-order valence-corrected chi connectivity index (χ1v) is 13.6. The van der Waals surface area contributed by atoms with Crippen molar-refractivity contribution in [1.29, 1.82) is 0 Å². The van der Waals surface area contributed by atoms with Gasteiger partial charge >= 0.3 is 6.09 Å². The number of hydrogen-bond acceptors (Lipinski definition) is 8. The van der Waals surface area contributed by atoms with Gasteiger partial charge in [0.25, 0.3) is 0 Å². The average Bonchev–Trinajstić information content (AvgIpc) is 3.38. The smallest absolute Gasteiger partial charge is 0.410 e. The zero-order valence-corrected chi connectivity index (χ0v) is 20.8. The monoisotopic (exact) mass is 508 g/mol. The number of rotatable bonds is 6. The number of sulfone groups is 1. The van der Waals surface area contributed by atoms with Crippen molar-refractivity contribution in [3.8, 4) is 11.3 Å². The highest BCUT2D eigenvalue weighted by atomic mass is 32.2. The molecule has 5 rings (SSSR count). The van der Waals surface area contributed by atoms with Crippen molar-refractivity contribution in [3.05, 3.63) is 35.3 Å². The van der Waals surface area contributed by atoms with Crippen LogP contribution in [0.5, 0.6) is 0 Å². The maximum Gasteiger partial charge on any atom is 0.410 e. The van der Waals surface area contributed by atoms with Gasteiger partial charge in [-0.15, -0.1) is 0 Å². The van der Waals surface area contributed by atoms with Crippen LogP contribution in [0.15, 0.2) is 27.6 Å². The molecule has 1 aromatic heterocycles. The lowest BCUT2D eigenvalue weighted by atomic mass is 9.84. The fourth-order valence-electron chi connectivity index (χ4n) is 4.76. The second kappa shape index (κ2) is 8.86. The molecule has 2 saturated heterocycles. The molecule has 1 aliphatic carbocycles. The summed E-state index contributed by atoms with van der Waals surface area (Å²) < 4.78 is 60.8. The maximum absolute atomic E-state index is 14.4. The van der Waals surface area contributed by atoms with Crippen molar-refractivity contribution in [2.24, 2.45) is 11.8 Å². The molecule has 2 aliphatic heterocycles. The molecule has 2 unspecified atom stereocenters. The Hall–Kier alpha value is -2.50. The Kier molecular flexibility index (Phi) is 6.13. The lowest BCUT2D eigenvalue weighted by Crippen LogP contribution is -2.57. The first kappa shape index (κ1) is 24.2. The first-order chi connectivity index (χ1) is 16.5. The predicted octanol–water partition coefficient (Wildman–Crippen LogP) is 3.35. The number of carbonyl (C=O) groups is 1. The Morgan fingerprint density at radius 1 is 1.26 bits per heavy atom.